The molecular weight excluding hydrogens is 867 g/mol. The van der Waals surface area contributed by atoms with Crippen LogP contribution in [0.3, 0.4) is 0 Å². The molecule has 1 nitrogen and oxygen atoms in total. The van der Waals surface area contributed by atoms with Crippen molar-refractivity contribution in [2.75, 3.05) is 4.90 Å². The third-order valence-corrected chi connectivity index (χ3v) is 16.9. The molecule has 3 aliphatic rings. The zero-order chi connectivity index (χ0) is 48.3. The molecule has 0 N–H and O–H groups in total. The van der Waals surface area contributed by atoms with Gasteiger partial charge >= 0.3 is 0 Å². The summed E-state index contributed by atoms with van der Waals surface area (Å²) in [5.74, 6) is 0. The molecule has 0 radical (unpaired) electrons. The largest absolute Gasteiger partial charge is 0.310 e. The Kier molecular flexibility index (Phi) is 9.39. The maximum Gasteiger partial charge on any atom is 0.0726 e. The molecular formula is C71H55N. The Labute approximate surface area is 423 Å². The molecule has 0 bridgehead atoms. The molecule has 1 heteroatoms. The Morgan fingerprint density at radius 1 is 0.306 bits per heavy atom. The molecule has 72 heavy (non-hydrogen) atoms. The van der Waals surface area contributed by atoms with Crippen molar-refractivity contribution in [3.63, 3.8) is 0 Å². The third-order valence-electron chi connectivity index (χ3n) is 16.9. The Bertz CT molecular complexity index is 3800. The van der Waals surface area contributed by atoms with E-state index in [4.69, 9.17) is 0 Å². The highest BCUT2D eigenvalue weighted by Gasteiger charge is 2.52. The van der Waals surface area contributed by atoms with Crippen LogP contribution in [-0.4, -0.2) is 0 Å². The van der Waals surface area contributed by atoms with Crippen LogP contribution in [0.2, 0.25) is 0 Å². The van der Waals surface area contributed by atoms with Crippen LogP contribution < -0.4 is 4.90 Å². The van der Waals surface area contributed by atoms with Crippen LogP contribution in [-0.2, 0) is 16.2 Å². The molecule has 0 aliphatic heterocycles. The standard InChI is InChI=1S/C71H55N/c1-69(2)42-43-70(3,4)68-59(29-17-33-65(68)69)61-44-60-58-26-11-14-32-64(58)71(62-30-12-9-24-56(62)57-25-10-13-31-63(57)71)66(60)45-67(61)72(50-38-34-48(35-39-50)54-27-15-20-46-18-5-7-22-52(46)54)51-40-36-49(37-41-51)55-28-16-21-47-19-6-8-23-53(47)55/h5-41,44-45H,42-43H2,1-4H3. The average molecular weight is 922 g/mol. The van der Waals surface area contributed by atoms with Crippen LogP contribution in [0, 0.1) is 0 Å². The molecule has 0 atom stereocenters. The van der Waals surface area contributed by atoms with Gasteiger partial charge in [-0.05, 0) is 165 Å². The molecule has 1 spiro atoms. The van der Waals surface area contributed by atoms with Crippen molar-refractivity contribution in [2.24, 2.45) is 0 Å². The summed E-state index contributed by atoms with van der Waals surface area (Å²) >= 11 is 0. The average Bonchev–Trinajstić information content (AvgIpc) is 3.89. The number of rotatable bonds is 6. The van der Waals surface area contributed by atoms with E-state index in [-0.39, 0.29) is 10.8 Å². The SMILES string of the molecule is CC1(C)CCC(C)(C)c2c(-c3cc4c(cc3N(c3ccc(-c5cccc6ccccc56)cc3)c3ccc(-c5cccc6ccccc56)cc3)C3(c5ccccc5-c5ccccc53)c3ccccc3-4)cccc21. The van der Waals surface area contributed by atoms with Crippen molar-refractivity contribution in [2.45, 2.75) is 56.8 Å². The minimum atomic E-state index is -0.508. The van der Waals surface area contributed by atoms with Crippen LogP contribution in [0.15, 0.2) is 237 Å². The van der Waals surface area contributed by atoms with Crippen molar-refractivity contribution >= 4 is 38.6 Å². The summed E-state index contributed by atoms with van der Waals surface area (Å²) in [7, 11) is 0. The second kappa shape index (κ2) is 15.9. The first kappa shape index (κ1) is 42.6. The minimum Gasteiger partial charge on any atom is -0.310 e. The summed E-state index contributed by atoms with van der Waals surface area (Å²) in [6.45, 7) is 9.85. The fourth-order valence-electron chi connectivity index (χ4n) is 13.4. The summed E-state index contributed by atoms with van der Waals surface area (Å²) in [6.07, 6.45) is 2.28. The van der Waals surface area contributed by atoms with Crippen molar-refractivity contribution in [1.29, 1.82) is 0 Å². The molecule has 3 aliphatic carbocycles. The smallest absolute Gasteiger partial charge is 0.0726 e. The number of fused-ring (bicyclic) bond motifs is 13. The van der Waals surface area contributed by atoms with E-state index in [1.54, 1.807) is 0 Å². The van der Waals surface area contributed by atoms with E-state index in [0.29, 0.717) is 0 Å². The van der Waals surface area contributed by atoms with Gasteiger partial charge in [-0.15, -0.1) is 0 Å². The van der Waals surface area contributed by atoms with Crippen LogP contribution in [0.25, 0.3) is 77.2 Å². The van der Waals surface area contributed by atoms with Crippen LogP contribution >= 0.6 is 0 Å². The molecule has 0 heterocycles. The van der Waals surface area contributed by atoms with Crippen molar-refractivity contribution < 1.29 is 0 Å². The van der Waals surface area contributed by atoms with Gasteiger partial charge in [-0.3, -0.25) is 0 Å². The highest BCUT2D eigenvalue weighted by Crippen LogP contribution is 2.65. The lowest BCUT2D eigenvalue weighted by molar-refractivity contribution is 0.333. The number of hydrogen-bond donors (Lipinski definition) is 0. The Hall–Kier alpha value is -8.26. The summed E-state index contributed by atoms with van der Waals surface area (Å²) in [5.41, 5.74) is 23.9. The molecule has 0 amide bonds. The summed E-state index contributed by atoms with van der Waals surface area (Å²) in [5, 5.41) is 5.01. The molecule has 11 aromatic rings. The summed E-state index contributed by atoms with van der Waals surface area (Å²) in [4.78, 5) is 2.57. The summed E-state index contributed by atoms with van der Waals surface area (Å²) < 4.78 is 0. The first-order valence-electron chi connectivity index (χ1n) is 25.8. The minimum absolute atomic E-state index is 0.0365. The first-order chi connectivity index (χ1) is 35.2. The maximum absolute atomic E-state index is 2.61. The summed E-state index contributed by atoms with van der Waals surface area (Å²) in [6, 6.07) is 89.5. The predicted octanol–water partition coefficient (Wildman–Crippen LogP) is 19.2. The Balaban J connectivity index is 1.08. The van der Waals surface area contributed by atoms with Gasteiger partial charge in [0.15, 0.2) is 0 Å². The van der Waals surface area contributed by atoms with E-state index < -0.39 is 5.41 Å². The highest BCUT2D eigenvalue weighted by atomic mass is 15.1. The van der Waals surface area contributed by atoms with E-state index in [1.165, 1.54) is 116 Å². The maximum atomic E-state index is 2.61. The topological polar surface area (TPSA) is 3.24 Å². The van der Waals surface area contributed by atoms with Gasteiger partial charge in [-0.25, -0.2) is 0 Å². The molecule has 0 saturated heterocycles. The van der Waals surface area contributed by atoms with Gasteiger partial charge in [0.2, 0.25) is 0 Å². The van der Waals surface area contributed by atoms with Gasteiger partial charge < -0.3 is 4.90 Å². The van der Waals surface area contributed by atoms with Gasteiger partial charge in [0.1, 0.15) is 0 Å². The Morgan fingerprint density at radius 3 is 1.25 bits per heavy atom. The van der Waals surface area contributed by atoms with Crippen molar-refractivity contribution in [3.05, 3.63) is 270 Å². The molecule has 0 unspecified atom stereocenters. The number of anilines is 3. The van der Waals surface area contributed by atoms with Gasteiger partial charge in [0, 0.05) is 16.9 Å². The zero-order valence-electron chi connectivity index (χ0n) is 41.4. The van der Waals surface area contributed by atoms with Crippen LogP contribution in [0.4, 0.5) is 17.1 Å². The monoisotopic (exact) mass is 921 g/mol. The second-order valence-electron chi connectivity index (χ2n) is 21.8. The van der Waals surface area contributed by atoms with Gasteiger partial charge in [-0.1, -0.05) is 228 Å². The van der Waals surface area contributed by atoms with Gasteiger partial charge in [0.25, 0.3) is 0 Å². The molecule has 0 fully saturated rings. The van der Waals surface area contributed by atoms with Crippen LogP contribution in [0.5, 0.6) is 0 Å². The lowest BCUT2D eigenvalue weighted by atomic mass is 9.61. The molecule has 0 saturated carbocycles. The van der Waals surface area contributed by atoms with E-state index in [2.05, 4.69) is 269 Å². The van der Waals surface area contributed by atoms with Crippen molar-refractivity contribution in [1.82, 2.24) is 0 Å². The van der Waals surface area contributed by atoms with E-state index in [0.717, 1.165) is 24.2 Å². The third kappa shape index (κ3) is 6.20. The lowest BCUT2D eigenvalue weighted by Gasteiger charge is -2.43. The second-order valence-corrected chi connectivity index (χ2v) is 21.8. The fraction of sp³-hybridized carbons (Fsp3) is 0.127. The number of hydrogen-bond acceptors (Lipinski definition) is 1. The molecule has 11 aromatic carbocycles. The van der Waals surface area contributed by atoms with E-state index >= 15 is 0 Å². The molecule has 14 rings (SSSR count). The fourth-order valence-corrected chi connectivity index (χ4v) is 13.4. The quantitative estimate of drug-likeness (QED) is 0.161. The predicted molar refractivity (Wildman–Crippen MR) is 304 cm³/mol. The zero-order valence-corrected chi connectivity index (χ0v) is 41.4. The first-order valence-corrected chi connectivity index (χ1v) is 25.8. The lowest BCUT2D eigenvalue weighted by Crippen LogP contribution is -2.34. The van der Waals surface area contributed by atoms with Gasteiger partial charge in [0.05, 0.1) is 11.1 Å². The van der Waals surface area contributed by atoms with E-state index in [1.807, 2.05) is 0 Å². The Morgan fingerprint density at radius 2 is 0.708 bits per heavy atom. The van der Waals surface area contributed by atoms with Crippen LogP contribution in [0.1, 0.15) is 73.9 Å². The van der Waals surface area contributed by atoms with Gasteiger partial charge in [-0.2, -0.15) is 0 Å². The molecule has 344 valence electrons. The highest BCUT2D eigenvalue weighted by molar-refractivity contribution is 6.02. The van der Waals surface area contributed by atoms with Crippen molar-refractivity contribution in [3.8, 4) is 55.6 Å². The number of benzene rings is 11. The van der Waals surface area contributed by atoms with E-state index in [9.17, 15) is 0 Å². The molecule has 0 aromatic heterocycles. The number of nitrogens with zero attached hydrogens (tertiary/aromatic N) is 1. The normalized spacial score (nSPS) is 15.2.